The van der Waals surface area contributed by atoms with Crippen LogP contribution in [-0.4, -0.2) is 30.6 Å². The summed E-state index contributed by atoms with van der Waals surface area (Å²) in [5.41, 5.74) is 6.89. The lowest BCUT2D eigenvalue weighted by molar-refractivity contribution is 0.0594. The fraction of sp³-hybridized carbons (Fsp3) is 0.538. The van der Waals surface area contributed by atoms with E-state index in [2.05, 4.69) is 21.5 Å². The van der Waals surface area contributed by atoms with Gasteiger partial charge in [0.15, 0.2) is 11.5 Å². The third-order valence-corrected chi connectivity index (χ3v) is 3.02. The maximum Gasteiger partial charge on any atom is 0.356 e. The molecule has 1 aromatic rings. The maximum atomic E-state index is 11.5. The number of hydrogen-bond acceptors (Lipinski definition) is 5. The largest absolute Gasteiger partial charge is 0.464 e. The molecule has 1 fully saturated rings. The summed E-state index contributed by atoms with van der Waals surface area (Å²) >= 11 is 0. The van der Waals surface area contributed by atoms with E-state index in [0.29, 0.717) is 23.2 Å². The predicted molar refractivity (Wildman–Crippen MR) is 70.6 cm³/mol. The highest BCUT2D eigenvalue weighted by molar-refractivity contribution is 5.88. The first-order valence-electron chi connectivity index (χ1n) is 6.28. The average molecular weight is 249 g/mol. The normalized spacial score (nSPS) is 14.3. The molecule has 0 spiro atoms. The summed E-state index contributed by atoms with van der Waals surface area (Å²) in [5.74, 6) is 0.283. The minimum Gasteiger partial charge on any atom is -0.464 e. The Kier molecular flexibility index (Phi) is 3.69. The molecule has 5 nitrogen and oxygen atoms in total. The van der Waals surface area contributed by atoms with Crippen LogP contribution in [-0.2, 0) is 4.74 Å². The van der Waals surface area contributed by atoms with Crippen LogP contribution in [0.25, 0.3) is 0 Å². The van der Waals surface area contributed by atoms with Gasteiger partial charge in [0.25, 0.3) is 0 Å². The number of aromatic nitrogens is 1. The first kappa shape index (κ1) is 12.7. The summed E-state index contributed by atoms with van der Waals surface area (Å²) in [6.45, 7) is 3.03. The lowest BCUT2D eigenvalue weighted by Crippen LogP contribution is -2.28. The zero-order valence-corrected chi connectivity index (χ0v) is 10.8. The molecular weight excluding hydrogens is 230 g/mol. The van der Waals surface area contributed by atoms with Crippen LogP contribution in [0, 0.1) is 0 Å². The number of carbonyl (C=O) groups is 1. The number of nitrogen functional groups attached to an aromatic ring is 1. The van der Waals surface area contributed by atoms with Gasteiger partial charge >= 0.3 is 5.97 Å². The lowest BCUT2D eigenvalue weighted by atomic mass is 10.3. The molecule has 1 heterocycles. The minimum atomic E-state index is -0.427. The maximum absolute atomic E-state index is 11.5. The molecular formula is C13H19N3O2. The Labute approximate surface area is 107 Å². The van der Waals surface area contributed by atoms with Crippen molar-refractivity contribution in [3.63, 3.8) is 0 Å². The van der Waals surface area contributed by atoms with Gasteiger partial charge < -0.3 is 15.4 Å². The first-order valence-corrected chi connectivity index (χ1v) is 6.28. The van der Waals surface area contributed by atoms with Crippen LogP contribution >= 0.6 is 0 Å². The van der Waals surface area contributed by atoms with E-state index in [-0.39, 0.29) is 0 Å². The van der Waals surface area contributed by atoms with Crippen molar-refractivity contribution >= 4 is 17.5 Å². The molecule has 0 saturated heterocycles. The first-order chi connectivity index (χ1) is 8.67. The lowest BCUT2D eigenvalue weighted by Gasteiger charge is -2.24. The summed E-state index contributed by atoms with van der Waals surface area (Å²) < 4.78 is 4.69. The quantitative estimate of drug-likeness (QED) is 0.806. The molecule has 1 saturated carbocycles. The average Bonchev–Trinajstić information content (AvgIpc) is 3.20. The second-order valence-electron chi connectivity index (χ2n) is 4.53. The molecule has 0 bridgehead atoms. The summed E-state index contributed by atoms with van der Waals surface area (Å²) in [4.78, 5) is 18.0. The Morgan fingerprint density at radius 2 is 2.28 bits per heavy atom. The van der Waals surface area contributed by atoms with Gasteiger partial charge in [-0.25, -0.2) is 9.78 Å². The number of hydrogen-bond donors (Lipinski definition) is 1. The highest BCUT2D eigenvalue weighted by Crippen LogP contribution is 2.33. The molecule has 1 aliphatic carbocycles. The van der Waals surface area contributed by atoms with E-state index in [1.807, 2.05) is 0 Å². The van der Waals surface area contributed by atoms with Gasteiger partial charge in [0, 0.05) is 12.6 Å². The van der Waals surface area contributed by atoms with Crippen molar-refractivity contribution in [2.45, 2.75) is 32.2 Å². The van der Waals surface area contributed by atoms with Crippen molar-refractivity contribution < 1.29 is 9.53 Å². The monoisotopic (exact) mass is 249 g/mol. The molecule has 5 heteroatoms. The van der Waals surface area contributed by atoms with Crippen LogP contribution in [0.1, 0.15) is 36.7 Å². The number of methoxy groups -OCH3 is 1. The predicted octanol–water partition coefficient (Wildman–Crippen LogP) is 1.83. The van der Waals surface area contributed by atoms with Crippen molar-refractivity contribution in [2.24, 2.45) is 0 Å². The number of carbonyl (C=O) groups excluding carboxylic acids is 1. The van der Waals surface area contributed by atoms with Gasteiger partial charge in [-0.05, 0) is 31.4 Å². The molecule has 1 aliphatic rings. The number of anilines is 2. The molecule has 0 unspecified atom stereocenters. The van der Waals surface area contributed by atoms with E-state index in [0.717, 1.165) is 13.0 Å². The second-order valence-corrected chi connectivity index (χ2v) is 4.53. The Morgan fingerprint density at radius 3 is 2.83 bits per heavy atom. The van der Waals surface area contributed by atoms with Crippen molar-refractivity contribution in [1.29, 1.82) is 0 Å². The van der Waals surface area contributed by atoms with Crippen molar-refractivity contribution in [2.75, 3.05) is 24.3 Å². The molecule has 98 valence electrons. The van der Waals surface area contributed by atoms with Crippen LogP contribution in [0.4, 0.5) is 11.5 Å². The summed E-state index contributed by atoms with van der Waals surface area (Å²) in [6.07, 6.45) is 3.37. The minimum absolute atomic E-state index is 0.309. The van der Waals surface area contributed by atoms with E-state index in [9.17, 15) is 4.79 Å². The number of pyridine rings is 1. The van der Waals surface area contributed by atoms with Crippen LogP contribution < -0.4 is 10.6 Å². The van der Waals surface area contributed by atoms with Crippen molar-refractivity contribution in [1.82, 2.24) is 4.98 Å². The Balaban J connectivity index is 2.31. The number of nitrogens with zero attached hydrogens (tertiary/aromatic N) is 2. The molecule has 0 amide bonds. The highest BCUT2D eigenvalue weighted by atomic mass is 16.5. The fourth-order valence-corrected chi connectivity index (χ4v) is 2.00. The third-order valence-electron chi connectivity index (χ3n) is 3.02. The molecule has 0 radical (unpaired) electrons. The molecule has 0 atom stereocenters. The zero-order chi connectivity index (χ0) is 13.1. The van der Waals surface area contributed by atoms with E-state index in [4.69, 9.17) is 5.73 Å². The molecule has 18 heavy (non-hydrogen) atoms. The topological polar surface area (TPSA) is 68.5 Å². The van der Waals surface area contributed by atoms with Gasteiger partial charge in [0.05, 0.1) is 12.8 Å². The molecule has 1 aromatic heterocycles. The van der Waals surface area contributed by atoms with E-state index in [1.165, 1.54) is 20.0 Å². The van der Waals surface area contributed by atoms with E-state index < -0.39 is 5.97 Å². The van der Waals surface area contributed by atoms with Crippen LogP contribution in [0.2, 0.25) is 0 Å². The number of ether oxygens (including phenoxy) is 1. The molecule has 2 N–H and O–H groups in total. The van der Waals surface area contributed by atoms with Crippen molar-refractivity contribution in [3.8, 4) is 0 Å². The number of esters is 1. The number of rotatable bonds is 5. The summed E-state index contributed by atoms with van der Waals surface area (Å²) in [5, 5.41) is 0. The van der Waals surface area contributed by atoms with Gasteiger partial charge in [-0.15, -0.1) is 0 Å². The zero-order valence-electron chi connectivity index (χ0n) is 10.8. The smallest absolute Gasteiger partial charge is 0.356 e. The van der Waals surface area contributed by atoms with Crippen molar-refractivity contribution in [3.05, 3.63) is 17.8 Å². The standard InChI is InChI=1S/C13H19N3O2/c1-3-8-16(9-4-5-9)12-10(14)6-7-11(15-12)13(17)18-2/h6-7,9H,3-5,8,14H2,1-2H3. The molecule has 0 aromatic carbocycles. The van der Waals surface area contributed by atoms with Crippen LogP contribution in [0.3, 0.4) is 0 Å². The van der Waals surface area contributed by atoms with Gasteiger partial charge in [-0.1, -0.05) is 6.92 Å². The second kappa shape index (κ2) is 5.25. The Bertz CT molecular complexity index is 444. The highest BCUT2D eigenvalue weighted by Gasteiger charge is 2.30. The fourth-order valence-electron chi connectivity index (χ4n) is 2.00. The Morgan fingerprint density at radius 1 is 1.56 bits per heavy atom. The van der Waals surface area contributed by atoms with Gasteiger partial charge in [-0.3, -0.25) is 0 Å². The third kappa shape index (κ3) is 2.55. The summed E-state index contributed by atoms with van der Waals surface area (Å²) in [6, 6.07) is 3.84. The van der Waals surface area contributed by atoms with Gasteiger partial charge in [0.2, 0.25) is 0 Å². The summed E-state index contributed by atoms with van der Waals surface area (Å²) in [7, 11) is 1.35. The van der Waals surface area contributed by atoms with Crippen LogP contribution in [0.5, 0.6) is 0 Å². The van der Waals surface area contributed by atoms with Gasteiger partial charge in [0.1, 0.15) is 0 Å². The van der Waals surface area contributed by atoms with Crippen LogP contribution in [0.15, 0.2) is 12.1 Å². The van der Waals surface area contributed by atoms with E-state index in [1.54, 1.807) is 12.1 Å². The Hall–Kier alpha value is -1.78. The SMILES string of the molecule is CCCN(c1nc(C(=O)OC)ccc1N)C1CC1. The molecule has 2 rings (SSSR count). The molecule has 0 aliphatic heterocycles. The van der Waals surface area contributed by atoms with E-state index >= 15 is 0 Å². The van der Waals surface area contributed by atoms with Gasteiger partial charge in [-0.2, -0.15) is 0 Å². The number of nitrogens with two attached hydrogens (primary N) is 1.